The number of hydrogen-bond acceptors (Lipinski definition) is 4. The summed E-state index contributed by atoms with van der Waals surface area (Å²) in [5, 5.41) is 3.45. The fraction of sp³-hybridized carbons (Fsp3) is 0.692. The third-order valence-corrected chi connectivity index (χ3v) is 3.54. The van der Waals surface area contributed by atoms with Crippen LogP contribution in [0.25, 0.3) is 0 Å². The maximum atomic E-state index is 5.38. The Kier molecular flexibility index (Phi) is 3.94. The predicted octanol–water partition coefficient (Wildman–Crippen LogP) is 2.32. The van der Waals surface area contributed by atoms with E-state index < -0.39 is 0 Å². The number of hydrogen-bond donors (Lipinski definition) is 1. The minimum atomic E-state index is 0.426. The van der Waals surface area contributed by atoms with Crippen LogP contribution < -0.4 is 5.32 Å². The van der Waals surface area contributed by atoms with Crippen molar-refractivity contribution in [3.63, 3.8) is 0 Å². The fourth-order valence-electron chi connectivity index (χ4n) is 2.18. The van der Waals surface area contributed by atoms with E-state index in [1.807, 2.05) is 20.0 Å². The van der Waals surface area contributed by atoms with Crippen molar-refractivity contribution in [2.75, 3.05) is 18.5 Å². The Hall–Kier alpha value is -1.16. The molecule has 0 aliphatic carbocycles. The van der Waals surface area contributed by atoms with Crippen molar-refractivity contribution in [1.82, 2.24) is 9.97 Å². The van der Waals surface area contributed by atoms with Crippen LogP contribution in [-0.4, -0.2) is 29.2 Å². The van der Waals surface area contributed by atoms with Gasteiger partial charge in [0.15, 0.2) is 0 Å². The average molecular weight is 235 g/mol. The molecule has 17 heavy (non-hydrogen) atoms. The summed E-state index contributed by atoms with van der Waals surface area (Å²) in [5.74, 6) is 1.55. The molecular weight excluding hydrogens is 214 g/mol. The molecular formula is C13H21N3O. The summed E-state index contributed by atoms with van der Waals surface area (Å²) in [6, 6.07) is 0.426. The Balaban J connectivity index is 1.96. The van der Waals surface area contributed by atoms with Crippen molar-refractivity contribution in [2.45, 2.75) is 39.7 Å². The molecule has 0 aromatic carbocycles. The van der Waals surface area contributed by atoms with Gasteiger partial charge >= 0.3 is 0 Å². The molecule has 1 saturated heterocycles. The summed E-state index contributed by atoms with van der Waals surface area (Å²) < 4.78 is 5.38. The molecule has 0 radical (unpaired) electrons. The van der Waals surface area contributed by atoms with Crippen LogP contribution in [0.3, 0.4) is 0 Å². The molecule has 0 spiro atoms. The zero-order valence-corrected chi connectivity index (χ0v) is 10.9. The molecule has 0 amide bonds. The quantitative estimate of drug-likeness (QED) is 0.873. The Labute approximate surface area is 103 Å². The number of ether oxygens (including phenoxy) is 1. The third-order valence-electron chi connectivity index (χ3n) is 3.54. The second-order valence-corrected chi connectivity index (χ2v) is 4.81. The van der Waals surface area contributed by atoms with Crippen molar-refractivity contribution in [3.8, 4) is 0 Å². The molecule has 1 atom stereocenters. The van der Waals surface area contributed by atoms with Gasteiger partial charge in [-0.05, 0) is 39.5 Å². The molecule has 2 heterocycles. The van der Waals surface area contributed by atoms with Crippen LogP contribution in [0.15, 0.2) is 6.20 Å². The van der Waals surface area contributed by atoms with Gasteiger partial charge < -0.3 is 10.1 Å². The summed E-state index contributed by atoms with van der Waals surface area (Å²) in [5.41, 5.74) is 1.99. The van der Waals surface area contributed by atoms with E-state index in [9.17, 15) is 0 Å². The predicted molar refractivity (Wildman–Crippen MR) is 68.1 cm³/mol. The van der Waals surface area contributed by atoms with Crippen molar-refractivity contribution >= 4 is 5.82 Å². The number of nitrogens with zero attached hydrogens (tertiary/aromatic N) is 2. The highest BCUT2D eigenvalue weighted by molar-refractivity contribution is 5.34. The van der Waals surface area contributed by atoms with Gasteiger partial charge in [0.25, 0.3) is 0 Å². The molecule has 94 valence electrons. The van der Waals surface area contributed by atoms with Crippen molar-refractivity contribution < 1.29 is 4.74 Å². The summed E-state index contributed by atoms with van der Waals surface area (Å²) >= 11 is 0. The highest BCUT2D eigenvalue weighted by atomic mass is 16.5. The molecule has 1 N–H and O–H groups in total. The molecule has 1 unspecified atom stereocenters. The second-order valence-electron chi connectivity index (χ2n) is 4.81. The maximum absolute atomic E-state index is 5.38. The van der Waals surface area contributed by atoms with E-state index in [1.165, 1.54) is 0 Å². The summed E-state index contributed by atoms with van der Waals surface area (Å²) in [6.07, 6.45) is 4.08. The van der Waals surface area contributed by atoms with Crippen molar-refractivity contribution in [1.29, 1.82) is 0 Å². The topological polar surface area (TPSA) is 47.0 Å². The van der Waals surface area contributed by atoms with Gasteiger partial charge in [0.2, 0.25) is 0 Å². The van der Waals surface area contributed by atoms with E-state index in [-0.39, 0.29) is 0 Å². The monoisotopic (exact) mass is 235 g/mol. The fourth-order valence-corrected chi connectivity index (χ4v) is 2.18. The SMILES string of the molecule is Cc1ncc(NC(C)C2CCOCC2)nc1C. The van der Waals surface area contributed by atoms with Gasteiger partial charge in [-0.1, -0.05) is 0 Å². The lowest BCUT2D eigenvalue weighted by Crippen LogP contribution is -2.31. The highest BCUT2D eigenvalue weighted by Crippen LogP contribution is 2.21. The molecule has 1 aliphatic rings. The van der Waals surface area contributed by atoms with E-state index in [0.29, 0.717) is 12.0 Å². The number of aryl methyl sites for hydroxylation is 2. The van der Waals surface area contributed by atoms with E-state index in [4.69, 9.17) is 4.74 Å². The number of nitrogens with one attached hydrogen (secondary N) is 1. The third kappa shape index (κ3) is 3.16. The molecule has 2 rings (SSSR count). The first-order valence-electron chi connectivity index (χ1n) is 6.31. The minimum Gasteiger partial charge on any atom is -0.381 e. The highest BCUT2D eigenvalue weighted by Gasteiger charge is 2.20. The van der Waals surface area contributed by atoms with Crippen LogP contribution in [0.1, 0.15) is 31.2 Å². The van der Waals surface area contributed by atoms with Crippen LogP contribution >= 0.6 is 0 Å². The van der Waals surface area contributed by atoms with E-state index in [2.05, 4.69) is 22.2 Å². The van der Waals surface area contributed by atoms with Crippen molar-refractivity contribution in [3.05, 3.63) is 17.6 Å². The molecule has 0 bridgehead atoms. The molecule has 1 aromatic heterocycles. The first kappa shape index (κ1) is 12.3. The standard InChI is InChI=1S/C13H21N3O/c1-9-10(2)15-13(8-14-9)16-11(3)12-4-6-17-7-5-12/h8,11-12H,4-7H2,1-3H3,(H,15,16). The Bertz CT molecular complexity index is 375. The molecule has 4 heteroatoms. The van der Waals surface area contributed by atoms with E-state index >= 15 is 0 Å². The second kappa shape index (κ2) is 5.45. The van der Waals surface area contributed by atoms with Crippen LogP contribution in [0.5, 0.6) is 0 Å². The lowest BCUT2D eigenvalue weighted by Gasteiger charge is -2.28. The maximum Gasteiger partial charge on any atom is 0.145 e. The van der Waals surface area contributed by atoms with E-state index in [1.54, 1.807) is 0 Å². The van der Waals surface area contributed by atoms with Gasteiger partial charge in [0, 0.05) is 19.3 Å². The Morgan fingerprint density at radius 1 is 1.29 bits per heavy atom. The molecule has 0 saturated carbocycles. The Morgan fingerprint density at radius 2 is 2.00 bits per heavy atom. The summed E-state index contributed by atoms with van der Waals surface area (Å²) in [6.45, 7) is 7.96. The average Bonchev–Trinajstić information content (AvgIpc) is 2.35. The Morgan fingerprint density at radius 3 is 2.65 bits per heavy atom. The number of rotatable bonds is 3. The normalized spacial score (nSPS) is 19.0. The van der Waals surface area contributed by atoms with Gasteiger partial charge in [-0.2, -0.15) is 0 Å². The molecule has 4 nitrogen and oxygen atoms in total. The molecule has 1 aliphatic heterocycles. The zero-order chi connectivity index (χ0) is 12.3. The van der Waals surface area contributed by atoms with E-state index in [0.717, 1.165) is 43.3 Å². The summed E-state index contributed by atoms with van der Waals surface area (Å²) in [7, 11) is 0. The lowest BCUT2D eigenvalue weighted by atomic mass is 9.93. The van der Waals surface area contributed by atoms with Crippen LogP contribution in [0.4, 0.5) is 5.82 Å². The minimum absolute atomic E-state index is 0.426. The van der Waals surface area contributed by atoms with Gasteiger partial charge in [0.1, 0.15) is 5.82 Å². The number of aromatic nitrogens is 2. The largest absolute Gasteiger partial charge is 0.381 e. The van der Waals surface area contributed by atoms with Gasteiger partial charge in [-0.15, -0.1) is 0 Å². The van der Waals surface area contributed by atoms with Crippen LogP contribution in [-0.2, 0) is 4.74 Å². The molecule has 1 fully saturated rings. The van der Waals surface area contributed by atoms with Gasteiger partial charge in [-0.25, -0.2) is 4.98 Å². The zero-order valence-electron chi connectivity index (χ0n) is 10.9. The molecule has 1 aromatic rings. The van der Waals surface area contributed by atoms with Crippen LogP contribution in [0.2, 0.25) is 0 Å². The van der Waals surface area contributed by atoms with Crippen LogP contribution in [0, 0.1) is 19.8 Å². The first-order chi connectivity index (χ1) is 8.16. The van der Waals surface area contributed by atoms with Gasteiger partial charge in [0.05, 0.1) is 17.6 Å². The lowest BCUT2D eigenvalue weighted by molar-refractivity contribution is 0.0622. The first-order valence-corrected chi connectivity index (χ1v) is 6.31. The summed E-state index contributed by atoms with van der Waals surface area (Å²) in [4.78, 5) is 8.83. The van der Waals surface area contributed by atoms with Crippen molar-refractivity contribution in [2.24, 2.45) is 5.92 Å². The number of anilines is 1. The smallest absolute Gasteiger partial charge is 0.145 e. The van der Waals surface area contributed by atoms with Gasteiger partial charge in [-0.3, -0.25) is 4.98 Å².